The number of hydrogen-bond donors (Lipinski definition) is 0. The zero-order valence-electron chi connectivity index (χ0n) is 10.2. The van der Waals surface area contributed by atoms with E-state index in [4.69, 9.17) is 11.6 Å². The number of H-pyrrole nitrogens is 1. The summed E-state index contributed by atoms with van der Waals surface area (Å²) in [6, 6.07) is 21.9. The minimum Gasteiger partial charge on any atom is -0.236 e. The van der Waals surface area contributed by atoms with Crippen LogP contribution in [0.15, 0.2) is 66.7 Å². The Morgan fingerprint density at radius 3 is 2.00 bits per heavy atom. The lowest BCUT2D eigenvalue weighted by Gasteiger charge is -1.99. The Kier molecular flexibility index (Phi) is 3.25. The fraction of sp³-hybridized carbons (Fsp3) is 0. The molecule has 0 aliphatic rings. The summed E-state index contributed by atoms with van der Waals surface area (Å²) in [5.74, 6) is 0.770. The summed E-state index contributed by atoms with van der Waals surface area (Å²) in [6.07, 6.45) is 0. The van der Waals surface area contributed by atoms with Gasteiger partial charge in [0.15, 0.2) is 0 Å². The highest BCUT2D eigenvalue weighted by Gasteiger charge is 2.14. The highest BCUT2D eigenvalue weighted by atomic mass is 35.5. The molecule has 1 aromatic heterocycles. The van der Waals surface area contributed by atoms with Crippen molar-refractivity contribution in [2.24, 2.45) is 0 Å². The highest BCUT2D eigenvalue weighted by molar-refractivity contribution is 6.29. The molecule has 92 valence electrons. The largest absolute Gasteiger partial charge is 0.330 e. The SMILES string of the molecule is Clc1cc(-c2ccccc2)[nH+]c(-c2ccccc2)n1. The average molecular weight is 268 g/mol. The van der Waals surface area contributed by atoms with Gasteiger partial charge in [-0.3, -0.25) is 0 Å². The molecule has 2 aromatic carbocycles. The zero-order valence-corrected chi connectivity index (χ0v) is 10.9. The predicted octanol–water partition coefficient (Wildman–Crippen LogP) is 3.88. The molecule has 1 heterocycles. The van der Waals surface area contributed by atoms with E-state index in [1.165, 1.54) is 0 Å². The van der Waals surface area contributed by atoms with Gasteiger partial charge in [-0.15, -0.1) is 0 Å². The molecule has 1 N–H and O–H groups in total. The summed E-state index contributed by atoms with van der Waals surface area (Å²) in [5.41, 5.74) is 3.06. The number of rotatable bonds is 2. The van der Waals surface area contributed by atoms with Gasteiger partial charge in [-0.05, 0) is 28.7 Å². The molecule has 0 aliphatic heterocycles. The minimum absolute atomic E-state index is 0.483. The molecule has 0 saturated heterocycles. The third-order valence-corrected chi connectivity index (χ3v) is 3.06. The van der Waals surface area contributed by atoms with E-state index in [1.54, 1.807) is 0 Å². The van der Waals surface area contributed by atoms with E-state index in [0.717, 1.165) is 22.6 Å². The van der Waals surface area contributed by atoms with E-state index < -0.39 is 0 Å². The third-order valence-electron chi connectivity index (χ3n) is 2.87. The van der Waals surface area contributed by atoms with Crippen LogP contribution >= 0.6 is 11.6 Å². The second kappa shape index (κ2) is 5.21. The van der Waals surface area contributed by atoms with Gasteiger partial charge in [0.25, 0.3) is 0 Å². The van der Waals surface area contributed by atoms with Crippen molar-refractivity contribution in [3.8, 4) is 22.6 Å². The molecule has 0 bridgehead atoms. The van der Waals surface area contributed by atoms with Gasteiger partial charge < -0.3 is 0 Å². The van der Waals surface area contributed by atoms with Gasteiger partial charge >= 0.3 is 5.82 Å². The summed E-state index contributed by atoms with van der Waals surface area (Å²) in [5, 5.41) is 0.483. The fourth-order valence-electron chi connectivity index (χ4n) is 1.96. The number of benzene rings is 2. The molecule has 0 fully saturated rings. The molecule has 0 unspecified atom stereocenters. The van der Waals surface area contributed by atoms with Gasteiger partial charge in [0.2, 0.25) is 5.15 Å². The smallest absolute Gasteiger partial charge is 0.236 e. The lowest BCUT2D eigenvalue weighted by atomic mass is 10.1. The topological polar surface area (TPSA) is 27.0 Å². The van der Waals surface area contributed by atoms with Crippen LogP contribution < -0.4 is 4.98 Å². The summed E-state index contributed by atoms with van der Waals surface area (Å²) in [6.45, 7) is 0. The van der Waals surface area contributed by atoms with Crippen molar-refractivity contribution in [3.05, 3.63) is 71.9 Å². The Morgan fingerprint density at radius 2 is 1.37 bits per heavy atom. The van der Waals surface area contributed by atoms with E-state index in [-0.39, 0.29) is 0 Å². The van der Waals surface area contributed by atoms with Crippen LogP contribution in [0.2, 0.25) is 5.15 Å². The first-order chi connectivity index (χ1) is 9.33. The fourth-order valence-corrected chi connectivity index (χ4v) is 2.15. The van der Waals surface area contributed by atoms with E-state index in [1.807, 2.05) is 66.7 Å². The molecular weight excluding hydrogens is 256 g/mol. The van der Waals surface area contributed by atoms with Gasteiger partial charge in [-0.2, -0.15) is 0 Å². The molecular formula is C16H12ClN2+. The molecule has 0 aliphatic carbocycles. The van der Waals surface area contributed by atoms with Crippen LogP contribution in [0.3, 0.4) is 0 Å². The number of halogens is 1. The number of nitrogens with one attached hydrogen (secondary N) is 1. The molecule has 19 heavy (non-hydrogen) atoms. The number of hydrogen-bond acceptors (Lipinski definition) is 1. The highest BCUT2D eigenvalue weighted by Crippen LogP contribution is 2.20. The summed E-state index contributed by atoms with van der Waals surface area (Å²) in [4.78, 5) is 7.66. The maximum absolute atomic E-state index is 6.12. The molecule has 0 spiro atoms. The Morgan fingerprint density at radius 1 is 0.789 bits per heavy atom. The van der Waals surface area contributed by atoms with Crippen LogP contribution in [-0.4, -0.2) is 4.98 Å². The molecule has 2 nitrogen and oxygen atoms in total. The quantitative estimate of drug-likeness (QED) is 0.647. The van der Waals surface area contributed by atoms with Gasteiger partial charge in [-0.25, -0.2) is 4.98 Å². The second-order valence-corrected chi connectivity index (χ2v) is 4.59. The van der Waals surface area contributed by atoms with E-state index >= 15 is 0 Å². The summed E-state index contributed by atoms with van der Waals surface area (Å²) in [7, 11) is 0. The van der Waals surface area contributed by atoms with Crippen molar-refractivity contribution in [2.45, 2.75) is 0 Å². The van der Waals surface area contributed by atoms with Crippen LogP contribution in [0, 0.1) is 0 Å². The molecule has 0 amide bonds. The first-order valence-electron chi connectivity index (χ1n) is 6.03. The summed E-state index contributed by atoms with van der Waals surface area (Å²) < 4.78 is 0. The first kappa shape index (κ1) is 11.9. The van der Waals surface area contributed by atoms with Crippen LogP contribution in [0.25, 0.3) is 22.6 Å². The molecule has 0 saturated carbocycles. The Labute approximate surface area is 116 Å². The Balaban J connectivity index is 2.12. The lowest BCUT2D eigenvalue weighted by molar-refractivity contribution is -0.355. The van der Waals surface area contributed by atoms with Crippen molar-refractivity contribution < 1.29 is 4.98 Å². The van der Waals surface area contributed by atoms with Crippen LogP contribution in [0.1, 0.15) is 0 Å². The minimum atomic E-state index is 0.483. The monoisotopic (exact) mass is 267 g/mol. The molecule has 3 heteroatoms. The normalized spacial score (nSPS) is 10.4. The molecule has 0 radical (unpaired) electrons. The van der Waals surface area contributed by atoms with E-state index in [9.17, 15) is 0 Å². The van der Waals surface area contributed by atoms with Gasteiger partial charge in [0.05, 0.1) is 5.56 Å². The van der Waals surface area contributed by atoms with Crippen LogP contribution in [0.5, 0.6) is 0 Å². The van der Waals surface area contributed by atoms with Crippen molar-refractivity contribution in [1.29, 1.82) is 0 Å². The third kappa shape index (κ3) is 2.64. The lowest BCUT2D eigenvalue weighted by Crippen LogP contribution is -2.13. The van der Waals surface area contributed by atoms with Crippen molar-refractivity contribution in [1.82, 2.24) is 4.98 Å². The Hall–Kier alpha value is -2.19. The maximum atomic E-state index is 6.12. The van der Waals surface area contributed by atoms with E-state index in [0.29, 0.717) is 5.15 Å². The zero-order chi connectivity index (χ0) is 13.1. The number of aromatic amines is 1. The molecule has 3 rings (SSSR count). The van der Waals surface area contributed by atoms with Crippen molar-refractivity contribution in [3.63, 3.8) is 0 Å². The maximum Gasteiger partial charge on any atom is 0.330 e. The number of nitrogens with zero attached hydrogens (tertiary/aromatic N) is 1. The number of aromatic nitrogens is 2. The van der Waals surface area contributed by atoms with Gasteiger partial charge in [0.1, 0.15) is 5.69 Å². The van der Waals surface area contributed by atoms with Crippen molar-refractivity contribution in [2.75, 3.05) is 0 Å². The predicted molar refractivity (Wildman–Crippen MR) is 76.7 cm³/mol. The first-order valence-corrected chi connectivity index (χ1v) is 6.41. The Bertz CT molecular complexity index is 624. The molecule has 3 aromatic rings. The summed E-state index contributed by atoms with van der Waals surface area (Å²) >= 11 is 6.12. The van der Waals surface area contributed by atoms with Crippen LogP contribution in [0.4, 0.5) is 0 Å². The average Bonchev–Trinajstić information content (AvgIpc) is 2.48. The van der Waals surface area contributed by atoms with Crippen LogP contribution in [-0.2, 0) is 0 Å². The van der Waals surface area contributed by atoms with Gasteiger partial charge in [-0.1, -0.05) is 48.5 Å². The van der Waals surface area contributed by atoms with E-state index in [2.05, 4.69) is 9.97 Å². The molecule has 0 atom stereocenters. The standard InChI is InChI=1S/C16H11ClN2/c17-15-11-14(12-7-3-1-4-8-12)18-16(19-15)13-9-5-2-6-10-13/h1-11H/p+1. The van der Waals surface area contributed by atoms with Gasteiger partial charge in [0, 0.05) is 11.6 Å². The van der Waals surface area contributed by atoms with Crippen molar-refractivity contribution >= 4 is 11.6 Å². The second-order valence-electron chi connectivity index (χ2n) is 4.20.